The molecule has 6 nitrogen and oxygen atoms in total. The summed E-state index contributed by atoms with van der Waals surface area (Å²) in [6, 6.07) is 14.5. The van der Waals surface area contributed by atoms with Gasteiger partial charge in [-0.1, -0.05) is 45.0 Å². The number of likely N-dealkylation sites (N-methyl/N-ethyl adjacent to an activating group) is 1. The van der Waals surface area contributed by atoms with E-state index < -0.39 is 6.04 Å². The van der Waals surface area contributed by atoms with Crippen LogP contribution in [-0.4, -0.2) is 43.5 Å². The van der Waals surface area contributed by atoms with Gasteiger partial charge in [0.25, 0.3) is 5.91 Å². The molecular weight excluding hydrogens is 380 g/mol. The molecule has 0 aliphatic rings. The molecule has 6 heteroatoms. The number of rotatable bonds is 8. The van der Waals surface area contributed by atoms with Crippen molar-refractivity contribution in [1.82, 2.24) is 10.2 Å². The Morgan fingerprint density at radius 3 is 2.30 bits per heavy atom. The first-order valence-corrected chi connectivity index (χ1v) is 10.0. The maximum absolute atomic E-state index is 13.0. The van der Waals surface area contributed by atoms with Crippen LogP contribution in [0.5, 0.6) is 11.5 Å². The summed E-state index contributed by atoms with van der Waals surface area (Å²) < 4.78 is 11.0. The van der Waals surface area contributed by atoms with Crippen LogP contribution in [0, 0.1) is 0 Å². The molecule has 2 aromatic carbocycles. The van der Waals surface area contributed by atoms with Crippen molar-refractivity contribution < 1.29 is 19.1 Å². The number of carbonyl (C=O) groups is 2. The Morgan fingerprint density at radius 1 is 1.07 bits per heavy atom. The number of benzene rings is 2. The minimum atomic E-state index is -0.638. The first-order valence-electron chi connectivity index (χ1n) is 10.0. The van der Waals surface area contributed by atoms with Gasteiger partial charge in [0.05, 0.1) is 7.11 Å². The van der Waals surface area contributed by atoms with Crippen molar-refractivity contribution in [2.45, 2.75) is 45.7 Å². The molecule has 0 spiro atoms. The third-order valence-electron chi connectivity index (χ3n) is 4.98. The van der Waals surface area contributed by atoms with Crippen molar-refractivity contribution in [2.75, 3.05) is 20.8 Å². The van der Waals surface area contributed by atoms with E-state index in [2.05, 4.69) is 26.1 Å². The van der Waals surface area contributed by atoms with Crippen LogP contribution in [0.1, 0.15) is 38.8 Å². The van der Waals surface area contributed by atoms with Crippen LogP contribution >= 0.6 is 0 Å². The Morgan fingerprint density at radius 2 is 1.73 bits per heavy atom. The van der Waals surface area contributed by atoms with Gasteiger partial charge < -0.3 is 19.7 Å². The molecule has 0 aromatic heterocycles. The number of nitrogens with one attached hydrogen (secondary N) is 1. The predicted molar refractivity (Wildman–Crippen MR) is 118 cm³/mol. The molecule has 162 valence electrons. The van der Waals surface area contributed by atoms with Gasteiger partial charge in [0.2, 0.25) is 5.91 Å². The summed E-state index contributed by atoms with van der Waals surface area (Å²) in [4.78, 5) is 26.7. The largest absolute Gasteiger partial charge is 0.497 e. The first kappa shape index (κ1) is 23.3. The zero-order chi connectivity index (χ0) is 22.3. The van der Waals surface area contributed by atoms with Crippen molar-refractivity contribution in [3.05, 3.63) is 59.7 Å². The van der Waals surface area contributed by atoms with E-state index in [1.165, 1.54) is 10.5 Å². The highest BCUT2D eigenvalue weighted by atomic mass is 16.5. The lowest BCUT2D eigenvalue weighted by molar-refractivity contribution is -0.142. The molecule has 0 heterocycles. The Hall–Kier alpha value is -3.02. The number of hydrogen-bond donors (Lipinski definition) is 1. The van der Waals surface area contributed by atoms with Crippen LogP contribution in [0.25, 0.3) is 0 Å². The Kier molecular flexibility index (Phi) is 7.86. The van der Waals surface area contributed by atoms with Crippen molar-refractivity contribution in [3.8, 4) is 11.5 Å². The molecule has 0 unspecified atom stereocenters. The summed E-state index contributed by atoms with van der Waals surface area (Å²) >= 11 is 0. The third kappa shape index (κ3) is 6.24. The lowest BCUT2D eigenvalue weighted by Crippen LogP contribution is -2.48. The van der Waals surface area contributed by atoms with Crippen molar-refractivity contribution in [1.29, 1.82) is 0 Å². The molecule has 0 radical (unpaired) electrons. The monoisotopic (exact) mass is 412 g/mol. The second-order valence-corrected chi connectivity index (χ2v) is 8.23. The van der Waals surface area contributed by atoms with Crippen LogP contribution in [0.2, 0.25) is 0 Å². The highest BCUT2D eigenvalue weighted by Crippen LogP contribution is 2.24. The van der Waals surface area contributed by atoms with Crippen molar-refractivity contribution in [3.63, 3.8) is 0 Å². The second kappa shape index (κ2) is 10.1. The molecule has 1 atom stereocenters. The van der Waals surface area contributed by atoms with Gasteiger partial charge in [-0.3, -0.25) is 9.59 Å². The normalized spacial score (nSPS) is 12.1. The molecule has 0 fully saturated rings. The Bertz CT molecular complexity index is 856. The fourth-order valence-electron chi connectivity index (χ4n) is 3.04. The summed E-state index contributed by atoms with van der Waals surface area (Å²) in [5, 5.41) is 2.60. The minimum Gasteiger partial charge on any atom is -0.497 e. The number of methoxy groups -OCH3 is 1. The SMILES string of the molecule is CNC(=O)[C@@H](C)N(Cc1cccc(OC)c1)C(=O)COc1ccc(C(C)(C)C)cc1. The van der Waals surface area contributed by atoms with E-state index in [1.807, 2.05) is 48.5 Å². The molecular formula is C24H32N2O4. The highest BCUT2D eigenvalue weighted by Gasteiger charge is 2.26. The summed E-state index contributed by atoms with van der Waals surface area (Å²) in [5.41, 5.74) is 2.10. The van der Waals surface area contributed by atoms with Crippen molar-refractivity contribution in [2.24, 2.45) is 0 Å². The van der Waals surface area contributed by atoms with E-state index in [9.17, 15) is 9.59 Å². The van der Waals surface area contributed by atoms with Gasteiger partial charge in [0.15, 0.2) is 6.61 Å². The van der Waals surface area contributed by atoms with Gasteiger partial charge in [-0.15, -0.1) is 0 Å². The number of carbonyl (C=O) groups excluding carboxylic acids is 2. The first-order chi connectivity index (χ1) is 14.2. The van der Waals surface area contributed by atoms with Crippen molar-refractivity contribution >= 4 is 11.8 Å². The van der Waals surface area contributed by atoms with E-state index in [0.29, 0.717) is 11.5 Å². The molecule has 30 heavy (non-hydrogen) atoms. The zero-order valence-electron chi connectivity index (χ0n) is 18.7. The van der Waals surface area contributed by atoms with Gasteiger partial charge in [0.1, 0.15) is 17.5 Å². The third-order valence-corrected chi connectivity index (χ3v) is 4.98. The lowest BCUT2D eigenvalue weighted by atomic mass is 9.87. The smallest absolute Gasteiger partial charge is 0.261 e. The van der Waals surface area contributed by atoms with E-state index in [4.69, 9.17) is 9.47 Å². The number of amides is 2. The average Bonchev–Trinajstić information content (AvgIpc) is 2.74. The van der Waals surface area contributed by atoms with E-state index in [0.717, 1.165) is 5.56 Å². The average molecular weight is 413 g/mol. The van der Waals surface area contributed by atoms with E-state index in [-0.39, 0.29) is 30.4 Å². The topological polar surface area (TPSA) is 67.9 Å². The number of nitrogens with zero attached hydrogens (tertiary/aromatic N) is 1. The molecule has 0 aliphatic heterocycles. The molecule has 2 rings (SSSR count). The molecule has 0 saturated carbocycles. The summed E-state index contributed by atoms with van der Waals surface area (Å²) in [6.45, 7) is 8.25. The Labute approximate surface area is 179 Å². The second-order valence-electron chi connectivity index (χ2n) is 8.23. The summed E-state index contributed by atoms with van der Waals surface area (Å²) in [6.07, 6.45) is 0. The predicted octanol–water partition coefficient (Wildman–Crippen LogP) is 3.53. The summed E-state index contributed by atoms with van der Waals surface area (Å²) in [7, 11) is 3.15. The van der Waals surface area contributed by atoms with Crippen LogP contribution in [0.15, 0.2) is 48.5 Å². The lowest BCUT2D eigenvalue weighted by Gasteiger charge is -2.28. The highest BCUT2D eigenvalue weighted by molar-refractivity contribution is 5.87. The Balaban J connectivity index is 2.12. The van der Waals surface area contributed by atoms with Gasteiger partial charge in [-0.25, -0.2) is 0 Å². The number of hydrogen-bond acceptors (Lipinski definition) is 4. The van der Waals surface area contributed by atoms with Gasteiger partial charge in [-0.2, -0.15) is 0 Å². The molecule has 1 N–H and O–H groups in total. The van der Waals surface area contributed by atoms with E-state index >= 15 is 0 Å². The zero-order valence-corrected chi connectivity index (χ0v) is 18.7. The maximum Gasteiger partial charge on any atom is 0.261 e. The van der Waals surface area contributed by atoms with Crippen LogP contribution in [-0.2, 0) is 21.5 Å². The molecule has 2 amide bonds. The minimum absolute atomic E-state index is 0.0465. The maximum atomic E-state index is 13.0. The van der Waals surface area contributed by atoms with Gasteiger partial charge >= 0.3 is 0 Å². The van der Waals surface area contributed by atoms with Gasteiger partial charge in [-0.05, 0) is 47.7 Å². The van der Waals surface area contributed by atoms with E-state index in [1.54, 1.807) is 21.1 Å². The molecule has 2 aromatic rings. The van der Waals surface area contributed by atoms with Crippen LogP contribution in [0.3, 0.4) is 0 Å². The summed E-state index contributed by atoms with van der Waals surface area (Å²) in [5.74, 6) is 0.808. The van der Waals surface area contributed by atoms with Gasteiger partial charge in [0, 0.05) is 13.6 Å². The fourth-order valence-corrected chi connectivity index (χ4v) is 3.04. The van der Waals surface area contributed by atoms with Crippen LogP contribution < -0.4 is 14.8 Å². The quantitative estimate of drug-likeness (QED) is 0.720. The fraction of sp³-hybridized carbons (Fsp3) is 0.417. The molecule has 0 bridgehead atoms. The van der Waals surface area contributed by atoms with Crippen LogP contribution in [0.4, 0.5) is 0 Å². The standard InChI is InChI=1S/C24H32N2O4/c1-17(23(28)25-5)26(15-18-8-7-9-21(14-18)29-6)22(27)16-30-20-12-10-19(11-13-20)24(2,3)4/h7-14,17H,15-16H2,1-6H3,(H,25,28)/t17-/m1/s1. The molecule has 0 aliphatic carbocycles. The molecule has 0 saturated heterocycles. The number of ether oxygens (including phenoxy) is 2.